The summed E-state index contributed by atoms with van der Waals surface area (Å²) in [5.41, 5.74) is 7.40. The van der Waals surface area contributed by atoms with Crippen molar-refractivity contribution in [1.82, 2.24) is 15.5 Å². The van der Waals surface area contributed by atoms with E-state index in [1.165, 1.54) is 4.90 Å². The van der Waals surface area contributed by atoms with Gasteiger partial charge in [-0.2, -0.15) is 0 Å². The molecule has 212 valence electrons. The van der Waals surface area contributed by atoms with E-state index in [1.54, 1.807) is 20.8 Å². The molecule has 2 rings (SSSR count). The van der Waals surface area contributed by atoms with Crippen LogP contribution < -0.4 is 16.4 Å². The molecule has 0 radical (unpaired) electrons. The first-order chi connectivity index (χ1) is 17.8. The van der Waals surface area contributed by atoms with Gasteiger partial charge < -0.3 is 26.0 Å². The van der Waals surface area contributed by atoms with Crippen LogP contribution in [0, 0.1) is 13.8 Å². The Bertz CT molecular complexity index is 982. The van der Waals surface area contributed by atoms with Crippen molar-refractivity contribution < 1.29 is 23.9 Å². The lowest BCUT2D eigenvalue weighted by Gasteiger charge is -2.35. The van der Waals surface area contributed by atoms with Crippen LogP contribution in [0.5, 0.6) is 0 Å². The highest BCUT2D eigenvalue weighted by Gasteiger charge is 2.37. The number of carbonyl (C=O) groups excluding carboxylic acids is 4. The Hall–Kier alpha value is -3.10. The summed E-state index contributed by atoms with van der Waals surface area (Å²) < 4.78 is 5.37. The summed E-state index contributed by atoms with van der Waals surface area (Å²) in [6.07, 6.45) is 4.82. The van der Waals surface area contributed by atoms with Crippen molar-refractivity contribution in [3.05, 3.63) is 34.9 Å². The lowest BCUT2D eigenvalue weighted by molar-refractivity contribution is -0.143. The fourth-order valence-electron chi connectivity index (χ4n) is 4.74. The number of hydrogen-bond acceptors (Lipinski definition) is 5. The normalized spacial score (nSPS) is 15.7. The molecule has 4 N–H and O–H groups in total. The first-order valence-electron chi connectivity index (χ1n) is 13.8. The van der Waals surface area contributed by atoms with Gasteiger partial charge in [0.2, 0.25) is 17.7 Å². The second-order valence-electron chi connectivity index (χ2n) is 11.3. The molecule has 38 heavy (non-hydrogen) atoms. The zero-order valence-electron chi connectivity index (χ0n) is 23.9. The summed E-state index contributed by atoms with van der Waals surface area (Å²) >= 11 is 0. The molecule has 0 aromatic heterocycles. The van der Waals surface area contributed by atoms with Gasteiger partial charge in [-0.3, -0.25) is 14.4 Å². The molecule has 1 fully saturated rings. The van der Waals surface area contributed by atoms with E-state index in [0.29, 0.717) is 12.0 Å². The number of primary amides is 1. The van der Waals surface area contributed by atoms with Gasteiger partial charge >= 0.3 is 6.09 Å². The predicted molar refractivity (Wildman–Crippen MR) is 147 cm³/mol. The summed E-state index contributed by atoms with van der Waals surface area (Å²) in [6.45, 7) is 11.4. The van der Waals surface area contributed by atoms with Crippen molar-refractivity contribution >= 4 is 23.8 Å². The van der Waals surface area contributed by atoms with Crippen molar-refractivity contribution in [3.8, 4) is 0 Å². The molecule has 4 amide bonds. The van der Waals surface area contributed by atoms with E-state index in [9.17, 15) is 19.2 Å². The fourth-order valence-corrected chi connectivity index (χ4v) is 4.74. The van der Waals surface area contributed by atoms with Crippen molar-refractivity contribution in [2.75, 3.05) is 6.54 Å². The lowest BCUT2D eigenvalue weighted by atomic mass is 9.94. The Morgan fingerprint density at radius 1 is 1.08 bits per heavy atom. The number of nitrogens with zero attached hydrogens (tertiary/aromatic N) is 1. The zero-order valence-corrected chi connectivity index (χ0v) is 23.9. The Labute approximate surface area is 227 Å². The first kappa shape index (κ1) is 31.1. The van der Waals surface area contributed by atoms with Gasteiger partial charge in [-0.25, -0.2) is 4.79 Å². The van der Waals surface area contributed by atoms with Crippen LogP contribution in [0.15, 0.2) is 18.2 Å². The maximum atomic E-state index is 14.0. The molecule has 9 nitrogen and oxygen atoms in total. The van der Waals surface area contributed by atoms with Crippen LogP contribution in [0.25, 0.3) is 0 Å². The molecule has 1 aromatic rings. The largest absolute Gasteiger partial charge is 0.444 e. The van der Waals surface area contributed by atoms with E-state index in [0.717, 1.165) is 43.2 Å². The van der Waals surface area contributed by atoms with E-state index in [4.69, 9.17) is 10.5 Å². The molecule has 2 atom stereocenters. The van der Waals surface area contributed by atoms with E-state index in [-0.39, 0.29) is 31.3 Å². The number of nitrogens with two attached hydrogens (primary N) is 1. The number of ether oxygens (including phenoxy) is 1. The van der Waals surface area contributed by atoms with Crippen molar-refractivity contribution in [3.63, 3.8) is 0 Å². The Balaban J connectivity index is 2.46. The third kappa shape index (κ3) is 9.65. The zero-order chi connectivity index (χ0) is 28.5. The van der Waals surface area contributed by atoms with Crippen LogP contribution in [0.1, 0.15) is 102 Å². The molecule has 0 spiro atoms. The quantitative estimate of drug-likeness (QED) is 0.395. The molecular formula is C29H46N4O5. The molecule has 0 saturated heterocycles. The van der Waals surface area contributed by atoms with Crippen LogP contribution in [0.2, 0.25) is 0 Å². The second-order valence-corrected chi connectivity index (χ2v) is 11.3. The number of carbonyl (C=O) groups is 4. The highest BCUT2D eigenvalue weighted by molar-refractivity contribution is 5.92. The Morgan fingerprint density at radius 3 is 2.29 bits per heavy atom. The lowest BCUT2D eigenvalue weighted by Crippen LogP contribution is -2.54. The summed E-state index contributed by atoms with van der Waals surface area (Å²) in [7, 11) is 0. The Morgan fingerprint density at radius 2 is 1.74 bits per heavy atom. The third-order valence-electron chi connectivity index (χ3n) is 6.77. The first-order valence-corrected chi connectivity index (χ1v) is 13.8. The number of nitrogens with one attached hydrogen (secondary N) is 2. The number of benzene rings is 1. The minimum absolute atomic E-state index is 0.00247. The van der Waals surface area contributed by atoms with Crippen molar-refractivity contribution in [2.45, 2.75) is 117 Å². The molecule has 0 heterocycles. The third-order valence-corrected chi connectivity index (χ3v) is 6.77. The number of rotatable bonds is 11. The number of hydrogen-bond donors (Lipinski definition) is 3. The van der Waals surface area contributed by atoms with Crippen LogP contribution >= 0.6 is 0 Å². The molecule has 1 saturated carbocycles. The molecule has 1 aliphatic carbocycles. The van der Waals surface area contributed by atoms with Crippen LogP contribution in [0.4, 0.5) is 4.79 Å². The van der Waals surface area contributed by atoms with Gasteiger partial charge in [0.15, 0.2) is 0 Å². The summed E-state index contributed by atoms with van der Waals surface area (Å²) in [6, 6.07) is 3.86. The minimum atomic E-state index is -1.08. The maximum absolute atomic E-state index is 14.0. The molecule has 2 unspecified atom stereocenters. The molecule has 0 aliphatic heterocycles. The summed E-state index contributed by atoms with van der Waals surface area (Å²) in [5.74, 6) is -1.29. The molecular weight excluding hydrogens is 484 g/mol. The molecule has 0 bridgehead atoms. The standard InChI is InChI=1S/C29H46N4O5/c1-7-17-33(27(36)23(15-16-24(30)34)32-28(37)38-29(4,5)6)25(21-14-13-19(2)20(3)18-21)26(35)31-22-11-9-8-10-12-22/h13-14,18,22-23,25H,7-12,15-17H2,1-6H3,(H2,30,34)(H,31,35)(H,32,37). The molecule has 1 aliphatic rings. The van der Waals surface area contributed by atoms with Crippen LogP contribution in [-0.4, -0.2) is 52.9 Å². The highest BCUT2D eigenvalue weighted by Crippen LogP contribution is 2.27. The van der Waals surface area contributed by atoms with Crippen molar-refractivity contribution in [1.29, 1.82) is 0 Å². The maximum Gasteiger partial charge on any atom is 0.408 e. The van der Waals surface area contributed by atoms with Gasteiger partial charge in [-0.15, -0.1) is 0 Å². The molecule has 9 heteroatoms. The van der Waals surface area contributed by atoms with E-state index >= 15 is 0 Å². The molecule has 1 aromatic carbocycles. The van der Waals surface area contributed by atoms with Crippen molar-refractivity contribution in [2.24, 2.45) is 5.73 Å². The van der Waals surface area contributed by atoms with Gasteiger partial charge in [0.05, 0.1) is 0 Å². The van der Waals surface area contributed by atoms with Gasteiger partial charge in [-0.05, 0) is 77.0 Å². The highest BCUT2D eigenvalue weighted by atomic mass is 16.6. The van der Waals surface area contributed by atoms with Gasteiger partial charge in [-0.1, -0.05) is 44.4 Å². The smallest absolute Gasteiger partial charge is 0.408 e. The number of amides is 4. The van der Waals surface area contributed by atoms with Gasteiger partial charge in [0.1, 0.15) is 17.7 Å². The van der Waals surface area contributed by atoms with Crippen LogP contribution in [-0.2, 0) is 19.1 Å². The van der Waals surface area contributed by atoms with E-state index < -0.39 is 35.6 Å². The fraction of sp³-hybridized carbons (Fsp3) is 0.655. The van der Waals surface area contributed by atoms with E-state index in [1.807, 2.05) is 39.0 Å². The minimum Gasteiger partial charge on any atom is -0.444 e. The Kier molecular flexibility index (Phi) is 11.6. The van der Waals surface area contributed by atoms with Crippen LogP contribution in [0.3, 0.4) is 0 Å². The number of aryl methyl sites for hydroxylation is 2. The van der Waals surface area contributed by atoms with Gasteiger partial charge in [0, 0.05) is 19.0 Å². The number of alkyl carbamates (subject to hydrolysis) is 1. The average Bonchev–Trinajstić information content (AvgIpc) is 2.82. The SMILES string of the molecule is CCCN(C(=O)C(CCC(N)=O)NC(=O)OC(C)(C)C)C(C(=O)NC1CCCCC1)c1ccc(C)c(C)c1. The van der Waals surface area contributed by atoms with E-state index in [2.05, 4.69) is 10.6 Å². The summed E-state index contributed by atoms with van der Waals surface area (Å²) in [5, 5.41) is 5.81. The average molecular weight is 531 g/mol. The van der Waals surface area contributed by atoms with Gasteiger partial charge in [0.25, 0.3) is 0 Å². The second kappa shape index (κ2) is 14.2. The monoisotopic (exact) mass is 530 g/mol. The predicted octanol–water partition coefficient (Wildman–Crippen LogP) is 4.19. The topological polar surface area (TPSA) is 131 Å². The summed E-state index contributed by atoms with van der Waals surface area (Å²) in [4.78, 5) is 53.6.